The minimum atomic E-state index is -0.643. The molecule has 2 saturated carbocycles. The first-order valence-corrected chi connectivity index (χ1v) is 10.6. The fourth-order valence-electron chi connectivity index (χ4n) is 4.86. The smallest absolute Gasteiger partial charge is 0.242 e. The quantitative estimate of drug-likeness (QED) is 0.792. The van der Waals surface area contributed by atoms with Gasteiger partial charge in [0.25, 0.3) is 0 Å². The van der Waals surface area contributed by atoms with E-state index in [2.05, 4.69) is 17.1 Å². The SMILES string of the molecule is CC1CCCC(NC(=O)CN2CCN(C(=O)C3(N)CCCCC3)CC2)C1. The summed E-state index contributed by atoms with van der Waals surface area (Å²) in [6.45, 7) is 5.61. The molecule has 26 heavy (non-hydrogen) atoms. The Bertz CT molecular complexity index is 496. The highest BCUT2D eigenvalue weighted by atomic mass is 16.2. The van der Waals surface area contributed by atoms with E-state index in [0.29, 0.717) is 31.6 Å². The van der Waals surface area contributed by atoms with Crippen molar-refractivity contribution in [3.8, 4) is 0 Å². The number of rotatable bonds is 4. The van der Waals surface area contributed by atoms with Crippen LogP contribution in [-0.4, -0.2) is 65.9 Å². The summed E-state index contributed by atoms with van der Waals surface area (Å²) in [6, 6.07) is 0.345. The summed E-state index contributed by atoms with van der Waals surface area (Å²) in [7, 11) is 0. The molecule has 6 heteroatoms. The van der Waals surface area contributed by atoms with Crippen LogP contribution < -0.4 is 11.1 Å². The second-order valence-corrected chi connectivity index (χ2v) is 8.82. The van der Waals surface area contributed by atoms with Crippen molar-refractivity contribution in [1.29, 1.82) is 0 Å². The molecule has 1 saturated heterocycles. The molecule has 3 rings (SSSR count). The van der Waals surface area contributed by atoms with E-state index >= 15 is 0 Å². The summed E-state index contributed by atoms with van der Waals surface area (Å²) >= 11 is 0. The minimum Gasteiger partial charge on any atom is -0.352 e. The Hall–Kier alpha value is -1.14. The molecule has 0 aromatic carbocycles. The largest absolute Gasteiger partial charge is 0.352 e. The lowest BCUT2D eigenvalue weighted by Crippen LogP contribution is -2.60. The van der Waals surface area contributed by atoms with Crippen LogP contribution in [0.3, 0.4) is 0 Å². The first-order valence-electron chi connectivity index (χ1n) is 10.6. The van der Waals surface area contributed by atoms with Gasteiger partial charge in [-0.2, -0.15) is 0 Å². The molecule has 1 heterocycles. The number of carbonyl (C=O) groups excluding carboxylic acids is 2. The standard InChI is InChI=1S/C20H36N4O2/c1-16-6-5-7-17(14-16)22-18(25)15-23-10-12-24(13-11-23)19(26)20(21)8-3-2-4-9-20/h16-17H,2-15,21H2,1H3,(H,22,25). The lowest BCUT2D eigenvalue weighted by Gasteiger charge is -2.41. The fourth-order valence-corrected chi connectivity index (χ4v) is 4.86. The highest BCUT2D eigenvalue weighted by molar-refractivity contribution is 5.86. The van der Waals surface area contributed by atoms with E-state index in [9.17, 15) is 9.59 Å². The Kier molecular flexibility index (Phi) is 6.56. The normalized spacial score (nSPS) is 30.0. The van der Waals surface area contributed by atoms with Crippen LogP contribution in [0, 0.1) is 5.92 Å². The monoisotopic (exact) mass is 364 g/mol. The molecule has 2 amide bonds. The van der Waals surface area contributed by atoms with Crippen molar-refractivity contribution in [1.82, 2.24) is 15.1 Å². The van der Waals surface area contributed by atoms with E-state index in [1.165, 1.54) is 19.3 Å². The van der Waals surface area contributed by atoms with Crippen molar-refractivity contribution in [2.24, 2.45) is 11.7 Å². The third kappa shape index (κ3) is 4.97. The van der Waals surface area contributed by atoms with Crippen LogP contribution in [-0.2, 0) is 9.59 Å². The molecule has 0 bridgehead atoms. The van der Waals surface area contributed by atoms with E-state index in [1.807, 2.05) is 4.90 Å². The predicted octanol–water partition coefficient (Wildman–Crippen LogP) is 1.49. The van der Waals surface area contributed by atoms with E-state index < -0.39 is 5.54 Å². The number of hydrogen-bond donors (Lipinski definition) is 2. The number of hydrogen-bond acceptors (Lipinski definition) is 4. The number of nitrogens with one attached hydrogen (secondary N) is 1. The molecule has 0 aromatic rings. The molecule has 3 fully saturated rings. The molecule has 2 aliphatic carbocycles. The Labute approximate surface area is 157 Å². The third-order valence-electron chi connectivity index (χ3n) is 6.50. The Morgan fingerprint density at radius 1 is 1.04 bits per heavy atom. The van der Waals surface area contributed by atoms with Crippen LogP contribution in [0.15, 0.2) is 0 Å². The molecule has 3 N–H and O–H groups in total. The van der Waals surface area contributed by atoms with E-state index in [-0.39, 0.29) is 11.8 Å². The zero-order valence-electron chi connectivity index (χ0n) is 16.3. The number of nitrogens with zero attached hydrogens (tertiary/aromatic N) is 2. The second-order valence-electron chi connectivity index (χ2n) is 8.82. The van der Waals surface area contributed by atoms with Gasteiger partial charge in [-0.3, -0.25) is 14.5 Å². The molecule has 1 aliphatic heterocycles. The van der Waals surface area contributed by atoms with Gasteiger partial charge in [-0.1, -0.05) is 39.0 Å². The van der Waals surface area contributed by atoms with Crippen LogP contribution in [0.2, 0.25) is 0 Å². The van der Waals surface area contributed by atoms with Gasteiger partial charge >= 0.3 is 0 Å². The van der Waals surface area contributed by atoms with Gasteiger partial charge < -0.3 is 16.0 Å². The first kappa shape index (κ1) is 19.6. The van der Waals surface area contributed by atoms with Crippen molar-refractivity contribution in [3.63, 3.8) is 0 Å². The number of amides is 2. The van der Waals surface area contributed by atoms with Crippen LogP contribution in [0.5, 0.6) is 0 Å². The summed E-state index contributed by atoms with van der Waals surface area (Å²) in [5, 5.41) is 3.21. The average molecular weight is 365 g/mol. The Morgan fingerprint density at radius 3 is 2.38 bits per heavy atom. The van der Waals surface area contributed by atoms with Crippen molar-refractivity contribution < 1.29 is 9.59 Å². The van der Waals surface area contributed by atoms with Gasteiger partial charge in [0.15, 0.2) is 0 Å². The molecule has 0 spiro atoms. The summed E-state index contributed by atoms with van der Waals surface area (Å²) in [5.41, 5.74) is 5.75. The molecule has 0 radical (unpaired) electrons. The summed E-state index contributed by atoms with van der Waals surface area (Å²) < 4.78 is 0. The zero-order chi connectivity index (χ0) is 18.6. The fraction of sp³-hybridized carbons (Fsp3) is 0.900. The Balaban J connectivity index is 1.40. The van der Waals surface area contributed by atoms with Crippen LogP contribution in [0.1, 0.15) is 64.7 Å². The summed E-state index contributed by atoms with van der Waals surface area (Å²) in [4.78, 5) is 29.2. The highest BCUT2D eigenvalue weighted by Gasteiger charge is 2.39. The number of piperazine rings is 1. The van der Waals surface area contributed by atoms with Crippen LogP contribution in [0.4, 0.5) is 0 Å². The summed E-state index contributed by atoms with van der Waals surface area (Å²) in [6.07, 6.45) is 9.64. The van der Waals surface area contributed by atoms with Gasteiger partial charge in [-0.25, -0.2) is 0 Å². The van der Waals surface area contributed by atoms with E-state index in [0.717, 1.165) is 51.6 Å². The van der Waals surface area contributed by atoms with E-state index in [4.69, 9.17) is 5.73 Å². The number of carbonyl (C=O) groups is 2. The topological polar surface area (TPSA) is 78.7 Å². The second kappa shape index (κ2) is 8.70. The maximum Gasteiger partial charge on any atom is 0.242 e. The van der Waals surface area contributed by atoms with Gasteiger partial charge in [-0.05, 0) is 31.6 Å². The zero-order valence-corrected chi connectivity index (χ0v) is 16.3. The van der Waals surface area contributed by atoms with Crippen LogP contribution >= 0.6 is 0 Å². The lowest BCUT2D eigenvalue weighted by atomic mass is 9.81. The molecule has 148 valence electrons. The highest BCUT2D eigenvalue weighted by Crippen LogP contribution is 2.28. The average Bonchev–Trinajstić information content (AvgIpc) is 2.62. The number of nitrogens with two attached hydrogens (primary N) is 1. The van der Waals surface area contributed by atoms with Crippen molar-refractivity contribution in [2.45, 2.75) is 76.3 Å². The van der Waals surface area contributed by atoms with Gasteiger partial charge in [0.2, 0.25) is 11.8 Å². The van der Waals surface area contributed by atoms with Gasteiger partial charge in [0, 0.05) is 32.2 Å². The molecule has 0 aromatic heterocycles. The minimum absolute atomic E-state index is 0.123. The maximum atomic E-state index is 12.8. The van der Waals surface area contributed by atoms with Gasteiger partial charge in [0.1, 0.15) is 0 Å². The van der Waals surface area contributed by atoms with Gasteiger partial charge in [0.05, 0.1) is 12.1 Å². The maximum absolute atomic E-state index is 12.8. The lowest BCUT2D eigenvalue weighted by molar-refractivity contribution is -0.140. The van der Waals surface area contributed by atoms with Crippen LogP contribution in [0.25, 0.3) is 0 Å². The van der Waals surface area contributed by atoms with Crippen molar-refractivity contribution >= 4 is 11.8 Å². The van der Waals surface area contributed by atoms with Crippen molar-refractivity contribution in [2.75, 3.05) is 32.7 Å². The van der Waals surface area contributed by atoms with E-state index in [1.54, 1.807) is 0 Å². The molecule has 3 aliphatic rings. The Morgan fingerprint density at radius 2 is 1.73 bits per heavy atom. The molecular weight excluding hydrogens is 328 g/mol. The van der Waals surface area contributed by atoms with Crippen molar-refractivity contribution in [3.05, 3.63) is 0 Å². The third-order valence-corrected chi connectivity index (χ3v) is 6.50. The molecular formula is C20H36N4O2. The van der Waals surface area contributed by atoms with Gasteiger partial charge in [-0.15, -0.1) is 0 Å². The summed E-state index contributed by atoms with van der Waals surface area (Å²) in [5.74, 6) is 0.968. The molecule has 6 nitrogen and oxygen atoms in total. The molecule has 2 unspecified atom stereocenters. The molecule has 2 atom stereocenters. The first-order chi connectivity index (χ1) is 12.5. The predicted molar refractivity (Wildman–Crippen MR) is 103 cm³/mol.